The largest absolute Gasteiger partial charge is 0.476 e. The Morgan fingerprint density at radius 2 is 2.50 bits per heavy atom. The second-order valence-electron chi connectivity index (χ2n) is 4.30. The van der Waals surface area contributed by atoms with Crippen molar-refractivity contribution < 1.29 is 9.90 Å². The summed E-state index contributed by atoms with van der Waals surface area (Å²) in [5.41, 5.74) is 0. The van der Waals surface area contributed by atoms with E-state index in [0.29, 0.717) is 18.3 Å². The first-order chi connectivity index (χ1) is 7.65. The Hall–Kier alpha value is -1.01. The minimum Gasteiger partial charge on any atom is -0.476 e. The van der Waals surface area contributed by atoms with E-state index in [4.69, 9.17) is 5.11 Å². The van der Waals surface area contributed by atoms with E-state index in [-0.39, 0.29) is 5.01 Å². The number of hydrogen-bond acceptors (Lipinski definition) is 5. The van der Waals surface area contributed by atoms with Gasteiger partial charge in [0.2, 0.25) is 5.01 Å². The lowest BCUT2D eigenvalue weighted by atomic mass is 10.0. The van der Waals surface area contributed by atoms with Crippen LogP contribution in [0.15, 0.2) is 0 Å². The zero-order valence-corrected chi connectivity index (χ0v) is 10.0. The number of carbonyl (C=O) groups is 1. The van der Waals surface area contributed by atoms with E-state index in [1.54, 1.807) is 0 Å². The third-order valence-corrected chi connectivity index (χ3v) is 3.50. The third-order valence-electron chi connectivity index (χ3n) is 2.76. The van der Waals surface area contributed by atoms with E-state index in [1.807, 2.05) is 0 Å². The minimum atomic E-state index is -0.990. The molecule has 1 N–H and O–H groups in total. The van der Waals surface area contributed by atoms with Gasteiger partial charge < -0.3 is 5.11 Å². The molecule has 0 bridgehead atoms. The van der Waals surface area contributed by atoms with Crippen LogP contribution in [0.25, 0.3) is 0 Å². The highest BCUT2D eigenvalue weighted by Crippen LogP contribution is 2.17. The average Bonchev–Trinajstić information content (AvgIpc) is 2.66. The summed E-state index contributed by atoms with van der Waals surface area (Å²) in [4.78, 5) is 16.9. The van der Waals surface area contributed by atoms with Crippen LogP contribution in [0.1, 0.15) is 35.4 Å². The van der Waals surface area contributed by atoms with E-state index in [2.05, 4.69) is 21.2 Å². The van der Waals surface area contributed by atoms with E-state index >= 15 is 0 Å². The first-order valence-electron chi connectivity index (χ1n) is 5.43. The summed E-state index contributed by atoms with van der Waals surface area (Å²) in [6, 6.07) is 0. The van der Waals surface area contributed by atoms with Crippen molar-refractivity contribution in [2.75, 3.05) is 13.1 Å². The molecule has 0 saturated carbocycles. The second kappa shape index (κ2) is 4.88. The fraction of sp³-hybridized carbons (Fsp3) is 0.700. The molecule has 6 heteroatoms. The van der Waals surface area contributed by atoms with Crippen molar-refractivity contribution in [3.05, 3.63) is 10.8 Å². The molecule has 1 aromatic rings. The number of aromatic nitrogens is 2. The summed E-state index contributed by atoms with van der Waals surface area (Å²) in [5.74, 6) is 0.360. The van der Waals surface area contributed by atoms with Gasteiger partial charge in [-0.15, -0.1) is 0 Å². The fourth-order valence-corrected chi connectivity index (χ4v) is 2.55. The average molecular weight is 241 g/mol. The molecule has 1 aromatic heterocycles. The van der Waals surface area contributed by atoms with Crippen LogP contribution in [-0.4, -0.2) is 38.4 Å². The molecule has 1 unspecified atom stereocenters. The van der Waals surface area contributed by atoms with Gasteiger partial charge in [0.25, 0.3) is 0 Å². The normalized spacial score (nSPS) is 22.2. The summed E-state index contributed by atoms with van der Waals surface area (Å²) in [5, 5.41) is 8.82. The molecule has 88 valence electrons. The lowest BCUT2D eigenvalue weighted by molar-refractivity contribution is 0.0696. The molecule has 2 heterocycles. The Morgan fingerprint density at radius 1 is 1.69 bits per heavy atom. The Balaban J connectivity index is 1.95. The molecule has 16 heavy (non-hydrogen) atoms. The standard InChI is InChI=1S/C10H15N3O2S/c1-7-3-2-4-13(5-7)6-8-11-9(10(14)15)16-12-8/h7H,2-6H2,1H3,(H,14,15). The van der Waals surface area contributed by atoms with Gasteiger partial charge in [0.05, 0.1) is 6.54 Å². The summed E-state index contributed by atoms with van der Waals surface area (Å²) in [7, 11) is 0. The number of rotatable bonds is 3. The van der Waals surface area contributed by atoms with Gasteiger partial charge in [-0.25, -0.2) is 9.78 Å². The highest BCUT2D eigenvalue weighted by atomic mass is 32.1. The maximum Gasteiger partial charge on any atom is 0.366 e. The zero-order chi connectivity index (χ0) is 11.5. The summed E-state index contributed by atoms with van der Waals surface area (Å²) in [6.07, 6.45) is 2.48. The Labute approximate surface area is 98.3 Å². The molecule has 1 saturated heterocycles. The molecule has 1 atom stereocenters. The predicted molar refractivity (Wildman–Crippen MR) is 60.5 cm³/mol. The van der Waals surface area contributed by atoms with E-state index in [1.165, 1.54) is 12.8 Å². The molecule has 0 amide bonds. The molecule has 5 nitrogen and oxygen atoms in total. The highest BCUT2D eigenvalue weighted by molar-refractivity contribution is 7.07. The molecular formula is C10H15N3O2S. The molecule has 1 aliphatic heterocycles. The summed E-state index contributed by atoms with van der Waals surface area (Å²) in [6.45, 7) is 5.03. The van der Waals surface area contributed by atoms with Crippen LogP contribution < -0.4 is 0 Å². The maximum atomic E-state index is 10.7. The number of piperidine rings is 1. The quantitative estimate of drug-likeness (QED) is 0.868. The van der Waals surface area contributed by atoms with Crippen LogP contribution in [0.4, 0.5) is 0 Å². The van der Waals surface area contributed by atoms with Crippen molar-refractivity contribution in [1.29, 1.82) is 0 Å². The van der Waals surface area contributed by atoms with Gasteiger partial charge in [0, 0.05) is 6.54 Å². The smallest absolute Gasteiger partial charge is 0.366 e. The Kier molecular flexibility index (Phi) is 3.50. The van der Waals surface area contributed by atoms with Crippen molar-refractivity contribution in [3.8, 4) is 0 Å². The molecule has 1 aliphatic rings. The Bertz CT molecular complexity index is 380. The SMILES string of the molecule is CC1CCCN(Cc2nsc(C(=O)O)n2)C1. The van der Waals surface area contributed by atoms with Crippen molar-refractivity contribution in [2.24, 2.45) is 5.92 Å². The Morgan fingerprint density at radius 3 is 3.12 bits per heavy atom. The van der Waals surface area contributed by atoms with Crippen LogP contribution in [0.2, 0.25) is 0 Å². The number of carboxylic acid groups (broad SMARTS) is 1. The van der Waals surface area contributed by atoms with E-state index < -0.39 is 5.97 Å². The third kappa shape index (κ3) is 2.76. The summed E-state index contributed by atoms with van der Waals surface area (Å²) >= 11 is 0.960. The molecular weight excluding hydrogens is 226 g/mol. The number of likely N-dealkylation sites (tertiary alicyclic amines) is 1. The van der Waals surface area contributed by atoms with Crippen LogP contribution in [0.5, 0.6) is 0 Å². The van der Waals surface area contributed by atoms with E-state index in [9.17, 15) is 4.79 Å². The molecule has 2 rings (SSSR count). The first kappa shape index (κ1) is 11.5. The van der Waals surface area contributed by atoms with Gasteiger partial charge in [-0.05, 0) is 36.8 Å². The number of hydrogen-bond donors (Lipinski definition) is 1. The first-order valence-corrected chi connectivity index (χ1v) is 6.20. The monoisotopic (exact) mass is 241 g/mol. The lowest BCUT2D eigenvalue weighted by Gasteiger charge is -2.29. The topological polar surface area (TPSA) is 66.3 Å². The molecule has 0 aromatic carbocycles. The lowest BCUT2D eigenvalue weighted by Crippen LogP contribution is -2.34. The summed E-state index contributed by atoms with van der Waals surface area (Å²) < 4.78 is 4.06. The molecule has 0 aliphatic carbocycles. The van der Waals surface area contributed by atoms with Crippen molar-refractivity contribution in [2.45, 2.75) is 26.3 Å². The fourth-order valence-electron chi connectivity index (χ4n) is 2.04. The van der Waals surface area contributed by atoms with Crippen molar-refractivity contribution in [3.63, 3.8) is 0 Å². The second-order valence-corrected chi connectivity index (χ2v) is 5.06. The predicted octanol–water partition coefficient (Wildman–Crippen LogP) is 1.47. The minimum absolute atomic E-state index is 0.0834. The maximum absolute atomic E-state index is 10.7. The van der Waals surface area contributed by atoms with Crippen LogP contribution in [0, 0.1) is 5.92 Å². The number of carboxylic acids is 1. The molecule has 1 fully saturated rings. The van der Waals surface area contributed by atoms with Crippen molar-refractivity contribution >= 4 is 17.5 Å². The van der Waals surface area contributed by atoms with Gasteiger partial charge in [0.15, 0.2) is 5.82 Å². The number of aromatic carboxylic acids is 1. The molecule has 0 spiro atoms. The van der Waals surface area contributed by atoms with Gasteiger partial charge >= 0.3 is 5.97 Å². The zero-order valence-electron chi connectivity index (χ0n) is 9.22. The van der Waals surface area contributed by atoms with E-state index in [0.717, 1.165) is 24.6 Å². The van der Waals surface area contributed by atoms with Gasteiger partial charge in [-0.3, -0.25) is 4.90 Å². The van der Waals surface area contributed by atoms with Crippen LogP contribution >= 0.6 is 11.5 Å². The van der Waals surface area contributed by atoms with Crippen molar-refractivity contribution in [1.82, 2.24) is 14.3 Å². The van der Waals surface area contributed by atoms with Crippen LogP contribution in [-0.2, 0) is 6.54 Å². The van der Waals surface area contributed by atoms with Gasteiger partial charge in [0.1, 0.15) is 0 Å². The van der Waals surface area contributed by atoms with Gasteiger partial charge in [-0.1, -0.05) is 6.92 Å². The van der Waals surface area contributed by atoms with Crippen LogP contribution in [0.3, 0.4) is 0 Å². The number of nitrogens with zero attached hydrogens (tertiary/aromatic N) is 3. The van der Waals surface area contributed by atoms with Gasteiger partial charge in [-0.2, -0.15) is 4.37 Å². The molecule has 0 radical (unpaired) electrons. The highest BCUT2D eigenvalue weighted by Gasteiger charge is 2.18.